The average molecular weight is 609 g/mol. The highest BCUT2D eigenvalue weighted by Gasteiger charge is 2.48. The van der Waals surface area contributed by atoms with Crippen molar-refractivity contribution in [3.63, 3.8) is 0 Å². The first kappa shape index (κ1) is 30.0. The van der Waals surface area contributed by atoms with Crippen molar-refractivity contribution in [1.29, 1.82) is 0 Å². The Balaban J connectivity index is 1.86. The van der Waals surface area contributed by atoms with E-state index in [9.17, 15) is 27.5 Å². The number of halogens is 3. The van der Waals surface area contributed by atoms with Crippen LogP contribution in [0, 0.1) is 5.82 Å². The second-order valence-corrected chi connectivity index (χ2v) is 11.4. The third-order valence-corrected chi connectivity index (χ3v) is 8.00. The third-order valence-electron chi connectivity index (χ3n) is 6.89. The predicted octanol–water partition coefficient (Wildman–Crippen LogP) is 5.75. The Labute approximate surface area is 243 Å². The molecule has 1 heterocycles. The van der Waals surface area contributed by atoms with E-state index in [1.807, 2.05) is 6.92 Å². The van der Waals surface area contributed by atoms with Crippen LogP contribution in [0.2, 0.25) is 10.0 Å². The highest BCUT2D eigenvalue weighted by molar-refractivity contribution is 7.71. The molecule has 7 nitrogen and oxygen atoms in total. The number of carboxylic acids is 1. The van der Waals surface area contributed by atoms with E-state index < -0.39 is 58.4 Å². The zero-order valence-corrected chi connectivity index (χ0v) is 23.9. The first-order valence-electron chi connectivity index (χ1n) is 12.7. The van der Waals surface area contributed by atoms with Gasteiger partial charge >= 0.3 is 5.97 Å². The molecule has 0 aromatic heterocycles. The number of carboxylic acid groups (broad SMARTS) is 1. The molecule has 1 aliphatic heterocycles. The molecule has 1 fully saturated rings. The van der Waals surface area contributed by atoms with Crippen molar-refractivity contribution < 1.29 is 32.2 Å². The van der Waals surface area contributed by atoms with Crippen molar-refractivity contribution in [2.45, 2.75) is 56.2 Å². The van der Waals surface area contributed by atoms with Crippen LogP contribution in [0.5, 0.6) is 0 Å². The summed E-state index contributed by atoms with van der Waals surface area (Å²) in [5.41, 5.74) is 1.92. The van der Waals surface area contributed by atoms with E-state index in [0.717, 1.165) is 6.07 Å². The van der Waals surface area contributed by atoms with Gasteiger partial charge in [-0.2, -0.15) is 0 Å². The Morgan fingerprint density at radius 3 is 2.15 bits per heavy atom. The van der Waals surface area contributed by atoms with Crippen LogP contribution >= 0.6 is 23.2 Å². The highest BCUT2D eigenvalue weighted by Crippen LogP contribution is 2.44. The fourth-order valence-electron chi connectivity index (χ4n) is 5.08. The molecule has 1 aliphatic rings. The number of benzene rings is 3. The lowest BCUT2D eigenvalue weighted by atomic mass is 9.88. The molecule has 4 atom stereocenters. The zero-order chi connectivity index (χ0) is 29.0. The number of aliphatic carboxylic acids is 1. The molecule has 4 rings (SSSR count). The van der Waals surface area contributed by atoms with Gasteiger partial charge in [0.05, 0.1) is 11.8 Å². The number of carbonyl (C=O) groups excluding carboxylic acids is 1. The number of thiol groups is 1. The summed E-state index contributed by atoms with van der Waals surface area (Å²) >= 11 is 12.3. The lowest BCUT2D eigenvalue weighted by Gasteiger charge is -2.47. The molecule has 0 spiro atoms. The quantitative estimate of drug-likeness (QED) is 0.285. The summed E-state index contributed by atoms with van der Waals surface area (Å²) in [6.45, 7) is 1.83. The maximum absolute atomic E-state index is 14.1. The van der Waals surface area contributed by atoms with Crippen LogP contribution in [0.3, 0.4) is 0 Å². The average Bonchev–Trinajstić information content (AvgIpc) is 2.90. The number of morpholine rings is 1. The second kappa shape index (κ2) is 13.1. The maximum Gasteiger partial charge on any atom is 0.326 e. The van der Waals surface area contributed by atoms with E-state index in [-0.39, 0.29) is 18.4 Å². The number of nitrogens with zero attached hydrogens (tertiary/aromatic N) is 1. The highest BCUT2D eigenvalue weighted by atomic mass is 35.5. The summed E-state index contributed by atoms with van der Waals surface area (Å²) in [6.07, 6.45) is -1.35. The van der Waals surface area contributed by atoms with Gasteiger partial charge in [0.25, 0.3) is 5.91 Å². The predicted molar refractivity (Wildman–Crippen MR) is 151 cm³/mol. The summed E-state index contributed by atoms with van der Waals surface area (Å²) in [5, 5.41) is 11.2. The van der Waals surface area contributed by atoms with Crippen molar-refractivity contribution in [3.05, 3.63) is 105 Å². The standard InChI is InChI=1S/C29H28Cl2FNO6S/c1-2-3-24(29(35)36)33-26(17-4-9-21(30)10-5-17)27(18-6-11-22(31)12-7-18)39-25(28(33)34)15-19-8-13-23(32)14-20(19)16-40(37)38/h4-14,24-27,40H,2-3,15-16H2,1H3,(H,35,36)/t24-,25+,26-,27+/m1/s1. The van der Waals surface area contributed by atoms with Crippen LogP contribution in [0.15, 0.2) is 66.7 Å². The Bertz CT molecular complexity index is 1440. The number of ether oxygens (including phenoxy) is 1. The molecule has 3 aromatic rings. The van der Waals surface area contributed by atoms with Crippen molar-refractivity contribution in [1.82, 2.24) is 4.90 Å². The largest absolute Gasteiger partial charge is 0.480 e. The van der Waals surface area contributed by atoms with Gasteiger partial charge in [0.2, 0.25) is 0 Å². The van der Waals surface area contributed by atoms with Gasteiger partial charge in [0.15, 0.2) is 0 Å². The normalized spacial score (nSPS) is 20.1. The molecule has 0 radical (unpaired) electrons. The fraction of sp³-hybridized carbons (Fsp3) is 0.310. The van der Waals surface area contributed by atoms with E-state index in [2.05, 4.69) is 0 Å². The Morgan fingerprint density at radius 2 is 1.60 bits per heavy atom. The van der Waals surface area contributed by atoms with Crippen LogP contribution in [-0.2, 0) is 37.2 Å². The van der Waals surface area contributed by atoms with Gasteiger partial charge in [0.1, 0.15) is 34.8 Å². The summed E-state index contributed by atoms with van der Waals surface area (Å²) in [4.78, 5) is 28.0. The summed E-state index contributed by atoms with van der Waals surface area (Å²) in [6, 6.07) is 15.4. The first-order valence-corrected chi connectivity index (χ1v) is 14.8. The van der Waals surface area contributed by atoms with Crippen molar-refractivity contribution in [3.8, 4) is 0 Å². The smallest absolute Gasteiger partial charge is 0.326 e. The lowest BCUT2D eigenvalue weighted by molar-refractivity contribution is -0.184. The van der Waals surface area contributed by atoms with Crippen LogP contribution in [0.1, 0.15) is 54.2 Å². The second-order valence-electron chi connectivity index (χ2n) is 9.59. The van der Waals surface area contributed by atoms with Gasteiger partial charge in [-0.05, 0) is 65.1 Å². The van der Waals surface area contributed by atoms with Gasteiger partial charge in [-0.15, -0.1) is 0 Å². The molecule has 1 amide bonds. The summed E-state index contributed by atoms with van der Waals surface area (Å²) in [7, 11) is -2.86. The van der Waals surface area contributed by atoms with Crippen molar-refractivity contribution in [2.24, 2.45) is 0 Å². The Kier molecular flexibility index (Phi) is 9.84. The number of carbonyl (C=O) groups is 2. The monoisotopic (exact) mass is 607 g/mol. The van der Waals surface area contributed by atoms with E-state index >= 15 is 0 Å². The molecule has 0 bridgehead atoms. The SMILES string of the molecule is CCC[C@H](C(=O)O)N1C(=O)[C@H](Cc2ccc(F)cc2C[SH](=O)=O)O[C@@H](c2ccc(Cl)cc2)[C@H]1c1ccc(Cl)cc1. The molecule has 1 saturated heterocycles. The molecule has 0 saturated carbocycles. The minimum Gasteiger partial charge on any atom is -0.480 e. The number of hydrogen-bond acceptors (Lipinski definition) is 5. The van der Waals surface area contributed by atoms with E-state index in [1.54, 1.807) is 48.5 Å². The van der Waals surface area contributed by atoms with Crippen molar-refractivity contribution >= 4 is 45.8 Å². The maximum atomic E-state index is 14.1. The lowest BCUT2D eigenvalue weighted by Crippen LogP contribution is -2.57. The molecule has 0 aliphatic carbocycles. The van der Waals surface area contributed by atoms with Gasteiger partial charge in [-0.3, -0.25) is 4.79 Å². The molecule has 11 heteroatoms. The molecule has 1 N–H and O–H groups in total. The topological polar surface area (TPSA) is 101 Å². The van der Waals surface area contributed by atoms with Crippen LogP contribution in [-0.4, -0.2) is 42.4 Å². The van der Waals surface area contributed by atoms with Crippen LogP contribution in [0.4, 0.5) is 4.39 Å². The molecule has 0 unspecified atom stereocenters. The third kappa shape index (κ3) is 6.83. The Hall–Kier alpha value is -2.98. The first-order chi connectivity index (χ1) is 19.1. The molecular formula is C29H28Cl2FNO6S. The van der Waals surface area contributed by atoms with E-state index in [0.29, 0.717) is 33.2 Å². The molecule has 212 valence electrons. The number of hydrogen-bond donors (Lipinski definition) is 2. The summed E-state index contributed by atoms with van der Waals surface area (Å²) in [5.74, 6) is -2.73. The minimum atomic E-state index is -2.86. The van der Waals surface area contributed by atoms with Gasteiger partial charge < -0.3 is 14.7 Å². The molecule has 40 heavy (non-hydrogen) atoms. The van der Waals surface area contributed by atoms with Crippen LogP contribution in [0.25, 0.3) is 0 Å². The van der Waals surface area contributed by atoms with E-state index in [4.69, 9.17) is 27.9 Å². The van der Waals surface area contributed by atoms with Gasteiger partial charge in [0, 0.05) is 16.5 Å². The fourth-order valence-corrected chi connectivity index (χ4v) is 5.91. The Morgan fingerprint density at radius 1 is 1.00 bits per heavy atom. The van der Waals surface area contributed by atoms with Crippen molar-refractivity contribution in [2.75, 3.05) is 0 Å². The molecular weight excluding hydrogens is 580 g/mol. The summed E-state index contributed by atoms with van der Waals surface area (Å²) < 4.78 is 43.4. The van der Waals surface area contributed by atoms with Gasteiger partial charge in [-0.25, -0.2) is 17.6 Å². The zero-order valence-electron chi connectivity index (χ0n) is 21.5. The molecule has 3 aromatic carbocycles. The van der Waals surface area contributed by atoms with Crippen LogP contribution < -0.4 is 0 Å². The number of amides is 1. The minimum absolute atomic E-state index is 0.0794. The number of rotatable bonds is 10. The van der Waals surface area contributed by atoms with Gasteiger partial charge in [-0.1, -0.05) is 66.9 Å². The van der Waals surface area contributed by atoms with E-state index in [1.165, 1.54) is 17.0 Å².